The van der Waals surface area contributed by atoms with E-state index in [1.807, 2.05) is 6.92 Å². The molecule has 1 rings (SSSR count). The minimum absolute atomic E-state index is 0.235. The summed E-state index contributed by atoms with van der Waals surface area (Å²) in [6, 6.07) is 3.78. The Morgan fingerprint density at radius 3 is 2.50 bits per heavy atom. The van der Waals surface area contributed by atoms with E-state index < -0.39 is 11.7 Å². The summed E-state index contributed by atoms with van der Waals surface area (Å²) in [6.07, 6.45) is -2.38. The molecule has 2 nitrogen and oxygen atoms in total. The first kappa shape index (κ1) is 14.5. The number of nitrogens with zero attached hydrogens (tertiary/aromatic N) is 1. The SMILES string of the molecule is CCCCN(C)c1ccc(C=O)c(C(F)(F)F)c1. The lowest BCUT2D eigenvalue weighted by Crippen LogP contribution is -2.19. The van der Waals surface area contributed by atoms with Crippen molar-refractivity contribution in [3.8, 4) is 0 Å². The van der Waals surface area contributed by atoms with Crippen molar-refractivity contribution in [3.63, 3.8) is 0 Å². The largest absolute Gasteiger partial charge is 0.417 e. The quantitative estimate of drug-likeness (QED) is 0.750. The van der Waals surface area contributed by atoms with Crippen molar-refractivity contribution in [1.82, 2.24) is 0 Å². The molecule has 0 amide bonds. The van der Waals surface area contributed by atoms with E-state index in [9.17, 15) is 18.0 Å². The van der Waals surface area contributed by atoms with E-state index in [2.05, 4.69) is 0 Å². The highest BCUT2D eigenvalue weighted by Crippen LogP contribution is 2.33. The monoisotopic (exact) mass is 259 g/mol. The Morgan fingerprint density at radius 1 is 1.33 bits per heavy atom. The van der Waals surface area contributed by atoms with Crippen molar-refractivity contribution in [1.29, 1.82) is 0 Å². The topological polar surface area (TPSA) is 20.3 Å². The van der Waals surface area contributed by atoms with E-state index in [0.717, 1.165) is 18.9 Å². The van der Waals surface area contributed by atoms with Crippen LogP contribution in [0.15, 0.2) is 18.2 Å². The van der Waals surface area contributed by atoms with E-state index >= 15 is 0 Å². The van der Waals surface area contributed by atoms with Crippen LogP contribution in [-0.2, 0) is 6.18 Å². The van der Waals surface area contributed by atoms with Gasteiger partial charge in [0.05, 0.1) is 5.56 Å². The van der Waals surface area contributed by atoms with Crippen LogP contribution in [0.3, 0.4) is 0 Å². The molecule has 0 saturated carbocycles. The summed E-state index contributed by atoms with van der Waals surface area (Å²) in [5, 5.41) is 0. The van der Waals surface area contributed by atoms with Gasteiger partial charge in [-0.2, -0.15) is 13.2 Å². The van der Waals surface area contributed by atoms with E-state index in [0.29, 0.717) is 12.2 Å². The fourth-order valence-corrected chi connectivity index (χ4v) is 1.65. The van der Waals surface area contributed by atoms with Crippen LogP contribution in [0.5, 0.6) is 0 Å². The zero-order valence-corrected chi connectivity index (χ0v) is 10.4. The second kappa shape index (κ2) is 5.89. The Morgan fingerprint density at radius 2 is 2.00 bits per heavy atom. The molecular formula is C13H16F3NO. The summed E-state index contributed by atoms with van der Waals surface area (Å²) >= 11 is 0. The third-order valence-corrected chi connectivity index (χ3v) is 2.76. The standard InChI is InChI=1S/C13H16F3NO/c1-3-4-7-17(2)11-6-5-10(9-18)12(8-11)13(14,15)16/h5-6,8-9H,3-4,7H2,1-2H3. The van der Waals surface area contributed by atoms with E-state index in [-0.39, 0.29) is 11.8 Å². The zero-order chi connectivity index (χ0) is 13.8. The first-order valence-corrected chi connectivity index (χ1v) is 5.77. The highest BCUT2D eigenvalue weighted by molar-refractivity contribution is 5.79. The molecule has 5 heteroatoms. The van der Waals surface area contributed by atoms with Crippen LogP contribution in [0, 0.1) is 0 Å². The lowest BCUT2D eigenvalue weighted by molar-refractivity contribution is -0.137. The molecule has 0 spiro atoms. The van der Waals surface area contributed by atoms with Crippen LogP contribution in [0.1, 0.15) is 35.7 Å². The average molecular weight is 259 g/mol. The Labute approximate surface area is 104 Å². The van der Waals surface area contributed by atoms with Gasteiger partial charge in [-0.25, -0.2) is 0 Å². The lowest BCUT2D eigenvalue weighted by Gasteiger charge is -2.21. The number of aldehydes is 1. The zero-order valence-electron chi connectivity index (χ0n) is 10.4. The maximum Gasteiger partial charge on any atom is 0.417 e. The van der Waals surface area contributed by atoms with Crippen molar-refractivity contribution in [2.24, 2.45) is 0 Å². The number of rotatable bonds is 5. The first-order valence-electron chi connectivity index (χ1n) is 5.77. The molecule has 0 unspecified atom stereocenters. The molecule has 0 bridgehead atoms. The van der Waals surface area contributed by atoms with Crippen molar-refractivity contribution in [2.75, 3.05) is 18.5 Å². The van der Waals surface area contributed by atoms with Gasteiger partial charge in [-0.05, 0) is 24.6 Å². The number of carbonyl (C=O) groups is 1. The van der Waals surface area contributed by atoms with Crippen molar-refractivity contribution >= 4 is 12.0 Å². The molecule has 0 atom stereocenters. The molecule has 0 fully saturated rings. The maximum atomic E-state index is 12.8. The molecular weight excluding hydrogens is 243 g/mol. The molecule has 0 radical (unpaired) electrons. The summed E-state index contributed by atoms with van der Waals surface area (Å²) in [6.45, 7) is 2.71. The number of hydrogen-bond acceptors (Lipinski definition) is 2. The Bertz CT molecular complexity index is 415. The number of carbonyl (C=O) groups excluding carboxylic acids is 1. The second-order valence-electron chi connectivity index (χ2n) is 4.16. The summed E-state index contributed by atoms with van der Waals surface area (Å²) in [5.41, 5.74) is -0.727. The number of benzene rings is 1. The molecule has 0 aromatic heterocycles. The van der Waals surface area contributed by atoms with Gasteiger partial charge in [0, 0.05) is 24.8 Å². The molecule has 0 aliphatic heterocycles. The number of hydrogen-bond donors (Lipinski definition) is 0. The molecule has 0 heterocycles. The van der Waals surface area contributed by atoms with E-state index in [4.69, 9.17) is 0 Å². The van der Waals surface area contributed by atoms with Crippen LogP contribution in [0.25, 0.3) is 0 Å². The van der Waals surface area contributed by atoms with Gasteiger partial charge < -0.3 is 4.90 Å². The number of anilines is 1. The Kier molecular flexibility index (Phi) is 4.76. The fourth-order valence-electron chi connectivity index (χ4n) is 1.65. The van der Waals surface area contributed by atoms with E-state index in [1.165, 1.54) is 12.1 Å². The molecule has 0 aliphatic carbocycles. The minimum Gasteiger partial charge on any atom is -0.375 e. The predicted molar refractivity (Wildman–Crippen MR) is 65.0 cm³/mol. The van der Waals surface area contributed by atoms with Crippen molar-refractivity contribution in [3.05, 3.63) is 29.3 Å². The Balaban J connectivity index is 3.06. The lowest BCUT2D eigenvalue weighted by atomic mass is 10.1. The first-order chi connectivity index (χ1) is 8.40. The highest BCUT2D eigenvalue weighted by Gasteiger charge is 2.33. The van der Waals surface area contributed by atoms with Crippen molar-refractivity contribution in [2.45, 2.75) is 25.9 Å². The summed E-state index contributed by atoms with van der Waals surface area (Å²) < 4.78 is 38.3. The Hall–Kier alpha value is -1.52. The van der Waals surface area contributed by atoms with Gasteiger partial charge in [0.25, 0.3) is 0 Å². The maximum absolute atomic E-state index is 12.8. The third-order valence-electron chi connectivity index (χ3n) is 2.76. The van der Waals surface area contributed by atoms with Gasteiger partial charge in [-0.1, -0.05) is 13.3 Å². The fraction of sp³-hybridized carbons (Fsp3) is 0.462. The number of unbranched alkanes of at least 4 members (excludes halogenated alkanes) is 1. The van der Waals surface area contributed by atoms with Gasteiger partial charge in [0.2, 0.25) is 0 Å². The van der Waals surface area contributed by atoms with Gasteiger partial charge in [-0.3, -0.25) is 4.79 Å². The smallest absolute Gasteiger partial charge is 0.375 e. The predicted octanol–water partition coefficient (Wildman–Crippen LogP) is 3.75. The van der Waals surface area contributed by atoms with Crippen LogP contribution < -0.4 is 4.90 Å². The summed E-state index contributed by atoms with van der Waals surface area (Å²) in [7, 11) is 1.74. The van der Waals surface area contributed by atoms with Gasteiger partial charge in [0.1, 0.15) is 0 Å². The molecule has 0 N–H and O–H groups in total. The van der Waals surface area contributed by atoms with E-state index in [1.54, 1.807) is 11.9 Å². The molecule has 18 heavy (non-hydrogen) atoms. The molecule has 1 aromatic carbocycles. The third kappa shape index (κ3) is 3.48. The van der Waals surface area contributed by atoms with Gasteiger partial charge in [0.15, 0.2) is 6.29 Å². The number of alkyl halides is 3. The molecule has 100 valence electrons. The summed E-state index contributed by atoms with van der Waals surface area (Å²) in [5.74, 6) is 0. The average Bonchev–Trinajstić information content (AvgIpc) is 2.34. The highest BCUT2D eigenvalue weighted by atomic mass is 19.4. The van der Waals surface area contributed by atoms with Crippen molar-refractivity contribution < 1.29 is 18.0 Å². The molecule has 0 saturated heterocycles. The van der Waals surface area contributed by atoms with Crippen LogP contribution in [0.2, 0.25) is 0 Å². The second-order valence-corrected chi connectivity index (χ2v) is 4.16. The van der Waals surface area contributed by atoms with Crippen LogP contribution in [-0.4, -0.2) is 19.9 Å². The number of halogens is 3. The normalized spacial score (nSPS) is 11.4. The minimum atomic E-state index is -4.50. The molecule has 0 aliphatic rings. The summed E-state index contributed by atoms with van der Waals surface area (Å²) in [4.78, 5) is 12.4. The van der Waals surface area contributed by atoms with Gasteiger partial charge >= 0.3 is 6.18 Å². The van der Waals surface area contributed by atoms with Crippen LogP contribution in [0.4, 0.5) is 18.9 Å². The molecule has 1 aromatic rings. The van der Waals surface area contributed by atoms with Gasteiger partial charge in [-0.15, -0.1) is 0 Å². The van der Waals surface area contributed by atoms with Crippen LogP contribution >= 0.6 is 0 Å².